The number of primary amides is 1. The number of H-pyrrole nitrogens is 1. The van der Waals surface area contributed by atoms with Gasteiger partial charge in [-0.3, -0.25) is 32.6 Å². The molecule has 3 aliphatic rings. The van der Waals surface area contributed by atoms with Crippen molar-refractivity contribution in [1.29, 1.82) is 0 Å². The smallest absolute Gasteiger partial charge is 0.382 e. The van der Waals surface area contributed by atoms with Crippen LogP contribution in [0.1, 0.15) is 34.7 Å². The highest BCUT2D eigenvalue weighted by Crippen LogP contribution is 2.61. The Hall–Kier alpha value is -2.47. The number of nitrogen functional groups attached to an aromatic ring is 1. The minimum atomic E-state index is -4.88. The van der Waals surface area contributed by atoms with Crippen molar-refractivity contribution in [3.05, 3.63) is 30.1 Å². The van der Waals surface area contributed by atoms with E-state index in [2.05, 4.69) is 37.4 Å². The highest BCUT2D eigenvalue weighted by atomic mass is 32.7. The van der Waals surface area contributed by atoms with E-state index in [0.29, 0.717) is 12.1 Å². The van der Waals surface area contributed by atoms with E-state index < -0.39 is 76.3 Å². The summed E-state index contributed by atoms with van der Waals surface area (Å²) < 4.78 is 70.4. The monoisotopic (exact) mass is 620 g/mol. The first-order chi connectivity index (χ1) is 18.9. The Balaban J connectivity index is 1.28. The lowest BCUT2D eigenvalue weighted by atomic mass is 9.70. The number of aromatic nitrogens is 6. The molecule has 40 heavy (non-hydrogen) atoms. The van der Waals surface area contributed by atoms with Gasteiger partial charge in [0.25, 0.3) is 5.91 Å². The molecule has 2 aliphatic heterocycles. The van der Waals surface area contributed by atoms with Crippen molar-refractivity contribution >= 4 is 49.8 Å². The third kappa shape index (κ3) is 5.06. The molecule has 6 rings (SSSR count). The predicted octanol–water partition coefficient (Wildman–Crippen LogP) is 1.23. The number of hydrogen-bond donors (Lipinski definition) is 5. The summed E-state index contributed by atoms with van der Waals surface area (Å²) in [5, 5.41) is 6.50. The number of nitrogens with one attached hydrogen (secondary N) is 1. The zero-order chi connectivity index (χ0) is 28.4. The molecule has 1 amide bonds. The molecule has 0 spiro atoms. The first-order valence-electron chi connectivity index (χ1n) is 11.8. The van der Waals surface area contributed by atoms with E-state index >= 15 is 4.39 Å². The number of halogens is 1. The summed E-state index contributed by atoms with van der Waals surface area (Å²) in [6.07, 6.45) is -4.74. The Kier molecular flexibility index (Phi) is 7.00. The van der Waals surface area contributed by atoms with Gasteiger partial charge in [-0.05, 0) is 12.5 Å². The molecule has 21 heteroatoms. The molecule has 17 nitrogen and oxygen atoms in total. The van der Waals surface area contributed by atoms with Gasteiger partial charge in [0.05, 0.1) is 25.6 Å². The first-order valence-corrected chi connectivity index (χ1v) is 16.0. The average Bonchev–Trinajstić information content (AvgIpc) is 3.60. The fourth-order valence-corrected chi connectivity index (χ4v) is 7.47. The van der Waals surface area contributed by atoms with Crippen molar-refractivity contribution in [1.82, 2.24) is 29.7 Å². The van der Waals surface area contributed by atoms with Gasteiger partial charge in [0.15, 0.2) is 23.9 Å². The lowest BCUT2D eigenvalue weighted by molar-refractivity contribution is -0.0614. The molecule has 1 saturated carbocycles. The molecule has 5 heterocycles. The van der Waals surface area contributed by atoms with Crippen LogP contribution in [0.2, 0.25) is 0 Å². The maximum atomic E-state index is 15.6. The fourth-order valence-electron chi connectivity index (χ4n) is 4.95. The summed E-state index contributed by atoms with van der Waals surface area (Å²) in [7, 11) is -4.88. The molecule has 1 aliphatic carbocycles. The van der Waals surface area contributed by atoms with Crippen molar-refractivity contribution in [3.63, 3.8) is 0 Å². The standard InChI is InChI=1S/C19H23FN8O9P2S/c20-12-11-4-34-39(32,40)37-14-7(1-8(14)9-2-10(17(22)29)27-26-9)3-33-38(30,31)36-15(12)19(35-11)28-6-25-13-16(21)23-5-24-18(13)28/h2,5-8,11-12,14-15,19H,1,3-4H2,(H2,22,29)(H,26,27)(H,30,31)(H,32,40)(H2,21,23,24)/t7-,8+,11?,12-,14-,15-,19-,39?/m1/s1. The highest BCUT2D eigenvalue weighted by molar-refractivity contribution is 8.44. The SMILES string of the molecule is NC(=O)c1cc([C@@H]2C[C@@H]3COP(=O)(O)O[C@@H]4[C@H](F)C(COP(=O)(S)O[C@H]32)O[C@H]4n2cnc3c(N)ncnc32)[nH]n1. The number of carbonyl (C=O) groups is 1. The zero-order valence-corrected chi connectivity index (χ0v) is 22.9. The molecule has 2 bridgehead atoms. The number of nitrogens with two attached hydrogens (primary N) is 2. The van der Waals surface area contributed by atoms with Crippen LogP contribution in [0.4, 0.5) is 10.2 Å². The Morgan fingerprint density at radius 1 is 1.20 bits per heavy atom. The number of aromatic amines is 1. The maximum Gasteiger partial charge on any atom is 0.472 e. The van der Waals surface area contributed by atoms with Crippen LogP contribution in [0, 0.1) is 5.92 Å². The number of phosphoric ester groups is 1. The van der Waals surface area contributed by atoms with Crippen LogP contribution in [0.5, 0.6) is 0 Å². The number of fused-ring (bicyclic) bond motifs is 4. The van der Waals surface area contributed by atoms with Gasteiger partial charge < -0.3 is 21.1 Å². The van der Waals surface area contributed by atoms with Gasteiger partial charge in [-0.25, -0.2) is 28.5 Å². The van der Waals surface area contributed by atoms with Crippen molar-refractivity contribution < 1.29 is 46.0 Å². The number of rotatable bonds is 3. The second kappa shape index (κ2) is 10.1. The van der Waals surface area contributed by atoms with Crippen LogP contribution in [0.3, 0.4) is 0 Å². The molecule has 2 saturated heterocycles. The van der Waals surface area contributed by atoms with Crippen molar-refractivity contribution in [2.45, 2.75) is 43.1 Å². The van der Waals surface area contributed by atoms with Gasteiger partial charge in [0, 0.05) is 17.5 Å². The number of phosphoric acid groups is 1. The molecular formula is C19H23FN8O9P2S. The largest absolute Gasteiger partial charge is 0.472 e. The van der Waals surface area contributed by atoms with Gasteiger partial charge >= 0.3 is 14.6 Å². The molecule has 6 N–H and O–H groups in total. The topological polar surface area (TPSA) is 242 Å². The maximum absolute atomic E-state index is 15.6. The minimum Gasteiger partial charge on any atom is -0.382 e. The molecule has 216 valence electrons. The summed E-state index contributed by atoms with van der Waals surface area (Å²) in [4.78, 5) is 34.0. The van der Waals surface area contributed by atoms with Crippen LogP contribution in [0.15, 0.2) is 18.7 Å². The van der Waals surface area contributed by atoms with E-state index in [1.807, 2.05) is 0 Å². The van der Waals surface area contributed by atoms with E-state index in [0.717, 1.165) is 6.33 Å². The van der Waals surface area contributed by atoms with Crippen molar-refractivity contribution in [2.24, 2.45) is 11.7 Å². The van der Waals surface area contributed by atoms with Crippen molar-refractivity contribution in [3.8, 4) is 0 Å². The second-order valence-corrected chi connectivity index (χ2v) is 13.7. The Morgan fingerprint density at radius 2 is 2.00 bits per heavy atom. The number of hydrogen-bond acceptors (Lipinski definition) is 13. The van der Waals surface area contributed by atoms with E-state index in [9.17, 15) is 18.8 Å². The summed E-state index contributed by atoms with van der Waals surface area (Å²) in [6, 6.07) is 1.41. The Labute approximate surface area is 229 Å². The summed E-state index contributed by atoms with van der Waals surface area (Å²) in [5.74, 6) is -1.77. The number of anilines is 1. The molecule has 0 radical (unpaired) electrons. The molecular weight excluding hydrogens is 597 g/mol. The number of alkyl halides is 1. The molecule has 0 aromatic carbocycles. The Bertz CT molecular complexity index is 1560. The lowest BCUT2D eigenvalue weighted by Crippen LogP contribution is -2.44. The van der Waals surface area contributed by atoms with Crippen LogP contribution >= 0.6 is 26.9 Å². The zero-order valence-electron chi connectivity index (χ0n) is 20.2. The number of nitrogens with zero attached hydrogens (tertiary/aromatic N) is 5. The average molecular weight is 620 g/mol. The van der Waals surface area contributed by atoms with E-state index in [4.69, 9.17) is 34.3 Å². The highest BCUT2D eigenvalue weighted by Gasteiger charge is 2.53. The van der Waals surface area contributed by atoms with Gasteiger partial charge in [-0.1, -0.05) is 12.2 Å². The predicted molar refractivity (Wildman–Crippen MR) is 135 cm³/mol. The van der Waals surface area contributed by atoms with Crippen LogP contribution < -0.4 is 11.5 Å². The van der Waals surface area contributed by atoms with Gasteiger partial charge in [-0.2, -0.15) is 5.10 Å². The third-order valence-corrected chi connectivity index (χ3v) is 9.56. The number of ether oxygens (including phenoxy) is 1. The molecule has 9 atom stereocenters. The number of carbonyl (C=O) groups excluding carboxylic acids is 1. The molecule has 3 aromatic heterocycles. The number of thiol groups is 1. The molecule has 3 fully saturated rings. The fraction of sp³-hybridized carbons (Fsp3) is 0.526. The minimum absolute atomic E-state index is 0.0190. The lowest BCUT2D eigenvalue weighted by Gasteiger charge is -2.44. The van der Waals surface area contributed by atoms with E-state index in [1.165, 1.54) is 17.0 Å². The van der Waals surface area contributed by atoms with Crippen LogP contribution in [-0.2, 0) is 32.0 Å². The summed E-state index contributed by atoms with van der Waals surface area (Å²) in [6.45, 7) is -5.15. The van der Waals surface area contributed by atoms with Crippen molar-refractivity contribution in [2.75, 3.05) is 18.9 Å². The van der Waals surface area contributed by atoms with Gasteiger partial charge in [-0.15, -0.1) is 0 Å². The number of imidazole rings is 1. The summed E-state index contributed by atoms with van der Waals surface area (Å²) in [5.41, 5.74) is 11.9. The second-order valence-electron chi connectivity index (χ2n) is 9.44. The quantitative estimate of drug-likeness (QED) is 0.204. The van der Waals surface area contributed by atoms with Gasteiger partial charge in [0.1, 0.15) is 29.7 Å². The third-order valence-electron chi connectivity index (χ3n) is 6.96. The van der Waals surface area contributed by atoms with Crippen LogP contribution in [-0.4, -0.2) is 78.2 Å². The van der Waals surface area contributed by atoms with Gasteiger partial charge in [0.2, 0.25) is 0 Å². The number of amides is 1. The van der Waals surface area contributed by atoms with E-state index in [1.54, 1.807) is 0 Å². The molecule has 3 unspecified atom stereocenters. The molecule has 3 aromatic rings. The first kappa shape index (κ1) is 27.7. The normalized spacial score (nSPS) is 38.5. The summed E-state index contributed by atoms with van der Waals surface area (Å²) >= 11 is 4.04. The van der Waals surface area contributed by atoms with E-state index in [-0.39, 0.29) is 22.7 Å². The Morgan fingerprint density at radius 3 is 2.75 bits per heavy atom. The van der Waals surface area contributed by atoms with Crippen LogP contribution in [0.25, 0.3) is 11.2 Å².